The molecule has 7 heteroatoms. The first-order valence-electron chi connectivity index (χ1n) is 11.0. The van der Waals surface area contributed by atoms with Crippen molar-refractivity contribution < 1.29 is 4.42 Å². The number of aryl methyl sites for hydroxylation is 2. The molecular weight excluding hydrogens is 450 g/mol. The van der Waals surface area contributed by atoms with Crippen molar-refractivity contribution in [2.75, 3.05) is 0 Å². The number of hydrogen-bond donors (Lipinski definition) is 0. The van der Waals surface area contributed by atoms with Crippen molar-refractivity contribution in [3.05, 3.63) is 110 Å². The van der Waals surface area contributed by atoms with Crippen LogP contribution in [0.1, 0.15) is 29.9 Å². The Hall–Kier alpha value is -3.77. The van der Waals surface area contributed by atoms with Crippen LogP contribution in [0.4, 0.5) is 0 Å². The van der Waals surface area contributed by atoms with Crippen LogP contribution in [-0.2, 0) is 14.1 Å². The molecule has 3 heterocycles. The van der Waals surface area contributed by atoms with Crippen LogP contribution in [0.25, 0.3) is 27.8 Å². The monoisotopic (exact) mass is 473 g/mol. The lowest BCUT2D eigenvalue weighted by Crippen LogP contribution is -2.37. The quantitative estimate of drug-likeness (QED) is 0.351. The highest BCUT2D eigenvalue weighted by Crippen LogP contribution is 2.41. The highest BCUT2D eigenvalue weighted by molar-refractivity contribution is 6.28. The molecule has 0 aliphatic carbocycles. The van der Waals surface area contributed by atoms with E-state index in [9.17, 15) is 9.59 Å². The van der Waals surface area contributed by atoms with E-state index in [1.807, 2.05) is 74.5 Å². The van der Waals surface area contributed by atoms with Crippen LogP contribution in [0.3, 0.4) is 0 Å². The van der Waals surface area contributed by atoms with E-state index in [4.69, 9.17) is 16.0 Å². The molecule has 0 fully saturated rings. The highest BCUT2D eigenvalue weighted by Gasteiger charge is 2.30. The van der Waals surface area contributed by atoms with Crippen molar-refractivity contribution in [1.29, 1.82) is 0 Å². The first kappa shape index (κ1) is 22.0. The van der Waals surface area contributed by atoms with E-state index in [0.717, 1.165) is 32.8 Å². The van der Waals surface area contributed by atoms with Crippen molar-refractivity contribution in [3.63, 3.8) is 0 Å². The first-order valence-corrected chi connectivity index (χ1v) is 11.4. The van der Waals surface area contributed by atoms with E-state index in [1.54, 1.807) is 17.7 Å². The van der Waals surface area contributed by atoms with E-state index < -0.39 is 0 Å². The average Bonchev–Trinajstić information content (AvgIpc) is 3.43. The minimum atomic E-state index is -0.384. The van der Waals surface area contributed by atoms with Crippen LogP contribution >= 0.6 is 11.6 Å². The van der Waals surface area contributed by atoms with Gasteiger partial charge in [0.15, 0.2) is 5.22 Å². The van der Waals surface area contributed by atoms with Gasteiger partial charge in [-0.3, -0.25) is 13.9 Å². The van der Waals surface area contributed by atoms with Gasteiger partial charge < -0.3 is 8.98 Å². The molecule has 0 radical (unpaired) electrons. The van der Waals surface area contributed by atoms with Gasteiger partial charge in [0.2, 0.25) is 0 Å². The van der Waals surface area contributed by atoms with Crippen molar-refractivity contribution in [2.45, 2.75) is 19.8 Å². The highest BCUT2D eigenvalue weighted by atomic mass is 35.5. The summed E-state index contributed by atoms with van der Waals surface area (Å²) in [5, 5.41) is 0.770. The fourth-order valence-corrected chi connectivity index (χ4v) is 4.88. The van der Waals surface area contributed by atoms with E-state index >= 15 is 0 Å². The molecule has 6 nitrogen and oxygen atoms in total. The number of halogens is 1. The Balaban J connectivity index is 2.07. The molecule has 0 N–H and O–H groups in total. The second-order valence-electron chi connectivity index (χ2n) is 8.51. The number of rotatable bonds is 4. The van der Waals surface area contributed by atoms with Crippen molar-refractivity contribution in [1.82, 2.24) is 13.7 Å². The Kier molecular flexibility index (Phi) is 5.33. The van der Waals surface area contributed by atoms with Crippen LogP contribution < -0.4 is 11.2 Å². The van der Waals surface area contributed by atoms with E-state index in [-0.39, 0.29) is 22.4 Å². The Morgan fingerprint density at radius 1 is 0.882 bits per heavy atom. The maximum atomic E-state index is 13.6. The van der Waals surface area contributed by atoms with Gasteiger partial charge >= 0.3 is 5.69 Å². The number of aromatic nitrogens is 3. The molecule has 0 spiro atoms. The third-order valence-electron chi connectivity index (χ3n) is 6.44. The Morgan fingerprint density at radius 3 is 2.21 bits per heavy atom. The SMILES string of the molecule is Cc1ccccc1-n1c(-c2ccccc2)c2c(=O)n(C)c(=O)n(C)c2c1C(C)c1ccc(Cl)o1. The van der Waals surface area contributed by atoms with Crippen molar-refractivity contribution in [2.24, 2.45) is 14.1 Å². The Morgan fingerprint density at radius 2 is 1.56 bits per heavy atom. The molecule has 34 heavy (non-hydrogen) atoms. The van der Waals surface area contributed by atoms with Crippen LogP contribution in [0.2, 0.25) is 5.22 Å². The molecule has 172 valence electrons. The molecule has 0 aliphatic heterocycles. The zero-order valence-electron chi connectivity index (χ0n) is 19.4. The summed E-state index contributed by atoms with van der Waals surface area (Å²) in [5.74, 6) is 0.344. The number of furan rings is 1. The second kappa shape index (κ2) is 8.22. The van der Waals surface area contributed by atoms with E-state index in [1.165, 1.54) is 7.05 Å². The molecule has 3 aromatic heterocycles. The smallest absolute Gasteiger partial charge is 0.331 e. The number of hydrogen-bond acceptors (Lipinski definition) is 3. The molecule has 5 aromatic rings. The normalized spacial score (nSPS) is 12.4. The van der Waals surface area contributed by atoms with Gasteiger partial charge in [0, 0.05) is 19.8 Å². The Labute approximate surface area is 201 Å². The van der Waals surface area contributed by atoms with Crippen LogP contribution in [0, 0.1) is 6.92 Å². The van der Waals surface area contributed by atoms with Gasteiger partial charge in [-0.25, -0.2) is 4.79 Å². The summed E-state index contributed by atoms with van der Waals surface area (Å²) >= 11 is 6.11. The number of benzene rings is 2. The third kappa shape index (κ3) is 3.25. The van der Waals surface area contributed by atoms with Gasteiger partial charge in [0.1, 0.15) is 5.76 Å². The fraction of sp³-hybridized carbons (Fsp3) is 0.185. The lowest BCUT2D eigenvalue weighted by Gasteiger charge is -2.19. The zero-order valence-corrected chi connectivity index (χ0v) is 20.1. The molecule has 2 aromatic carbocycles. The number of fused-ring (bicyclic) bond motifs is 1. The van der Waals surface area contributed by atoms with Crippen LogP contribution in [0.5, 0.6) is 0 Å². The minimum absolute atomic E-state index is 0.285. The number of nitrogens with zero attached hydrogens (tertiary/aromatic N) is 3. The molecular formula is C27H24ClN3O3. The Bertz CT molecular complexity index is 1650. The van der Waals surface area contributed by atoms with E-state index in [2.05, 4.69) is 4.57 Å². The predicted octanol–water partition coefficient (Wildman–Crippen LogP) is 5.40. The summed E-state index contributed by atoms with van der Waals surface area (Å²) < 4.78 is 10.6. The van der Waals surface area contributed by atoms with Crippen LogP contribution in [-0.4, -0.2) is 13.7 Å². The fourth-order valence-electron chi connectivity index (χ4n) is 4.72. The third-order valence-corrected chi connectivity index (χ3v) is 6.65. The molecule has 1 unspecified atom stereocenters. The molecule has 0 aliphatic rings. The maximum absolute atomic E-state index is 13.6. The summed E-state index contributed by atoms with van der Waals surface area (Å²) in [7, 11) is 3.21. The summed E-state index contributed by atoms with van der Waals surface area (Å²) in [6.07, 6.45) is 0. The molecule has 0 saturated heterocycles. The molecule has 0 amide bonds. The molecule has 0 bridgehead atoms. The molecule has 0 saturated carbocycles. The van der Waals surface area contributed by atoms with Gasteiger partial charge in [-0.2, -0.15) is 0 Å². The first-order chi connectivity index (χ1) is 16.3. The standard InChI is InChI=1S/C27H24ClN3O3/c1-16-10-8-9-13-19(16)31-23(17(2)20-14-15-21(28)34-20)25-22(24(31)18-11-6-5-7-12-18)26(32)30(4)27(33)29(25)3/h5-15,17H,1-4H3. The van der Waals surface area contributed by atoms with Gasteiger partial charge in [0.25, 0.3) is 5.56 Å². The molecule has 1 atom stereocenters. The van der Waals surface area contributed by atoms with Gasteiger partial charge in [-0.15, -0.1) is 0 Å². The zero-order chi connectivity index (χ0) is 24.1. The average molecular weight is 474 g/mol. The van der Waals surface area contributed by atoms with Gasteiger partial charge in [0.05, 0.1) is 28.2 Å². The summed E-state index contributed by atoms with van der Waals surface area (Å²) in [4.78, 5) is 26.7. The van der Waals surface area contributed by atoms with Gasteiger partial charge in [-0.05, 0) is 54.8 Å². The lowest BCUT2D eigenvalue weighted by atomic mass is 10.0. The summed E-state index contributed by atoms with van der Waals surface area (Å²) in [6, 6.07) is 21.3. The lowest BCUT2D eigenvalue weighted by molar-refractivity contribution is 0.493. The van der Waals surface area contributed by atoms with Gasteiger partial charge in [-0.1, -0.05) is 48.5 Å². The largest absolute Gasteiger partial charge is 0.449 e. The molecule has 5 rings (SSSR count). The summed E-state index contributed by atoms with van der Waals surface area (Å²) in [5.41, 5.74) is 4.21. The topological polar surface area (TPSA) is 62.1 Å². The predicted molar refractivity (Wildman–Crippen MR) is 135 cm³/mol. The second-order valence-corrected chi connectivity index (χ2v) is 8.89. The number of para-hydroxylation sites is 1. The van der Waals surface area contributed by atoms with Crippen molar-refractivity contribution in [3.8, 4) is 16.9 Å². The minimum Gasteiger partial charge on any atom is -0.449 e. The van der Waals surface area contributed by atoms with Crippen LogP contribution in [0.15, 0.2) is 80.7 Å². The van der Waals surface area contributed by atoms with E-state index in [0.29, 0.717) is 16.7 Å². The van der Waals surface area contributed by atoms with Crippen molar-refractivity contribution >= 4 is 22.5 Å². The maximum Gasteiger partial charge on any atom is 0.331 e. The summed E-state index contributed by atoms with van der Waals surface area (Å²) in [6.45, 7) is 4.03.